The number of nitrogens with two attached hydrogens (primary N) is 1. The predicted molar refractivity (Wildman–Crippen MR) is 78.2 cm³/mol. The van der Waals surface area contributed by atoms with Crippen molar-refractivity contribution >= 4 is 27.5 Å². The number of sulfonamides is 1. The van der Waals surface area contributed by atoms with E-state index in [1.165, 1.54) is 6.07 Å². The maximum atomic E-state index is 13.1. The highest BCUT2D eigenvalue weighted by Crippen LogP contribution is 2.19. The smallest absolute Gasteiger partial charge is 0.242 e. The molecule has 4 nitrogen and oxygen atoms in total. The van der Waals surface area contributed by atoms with Crippen LogP contribution in [0.2, 0.25) is 0 Å². The molecule has 0 spiro atoms. The summed E-state index contributed by atoms with van der Waals surface area (Å²) in [7, 11) is -3.73. The molecule has 0 bridgehead atoms. The topological polar surface area (TPSA) is 72.2 Å². The SMILES string of the molecule is CSCCCCCNS(=O)(=O)c1cc(F)ccc1N. The Balaban J connectivity index is 2.54. The summed E-state index contributed by atoms with van der Waals surface area (Å²) in [6.07, 6.45) is 4.82. The summed E-state index contributed by atoms with van der Waals surface area (Å²) >= 11 is 1.77. The van der Waals surface area contributed by atoms with Gasteiger partial charge in [0.1, 0.15) is 10.7 Å². The number of thioether (sulfide) groups is 1. The van der Waals surface area contributed by atoms with Crippen LogP contribution >= 0.6 is 11.8 Å². The average molecular weight is 306 g/mol. The van der Waals surface area contributed by atoms with Gasteiger partial charge in [-0.25, -0.2) is 17.5 Å². The number of nitrogen functional groups attached to an aromatic ring is 1. The van der Waals surface area contributed by atoms with Gasteiger partial charge in [0.2, 0.25) is 10.0 Å². The van der Waals surface area contributed by atoms with Gasteiger partial charge in [-0.3, -0.25) is 0 Å². The molecule has 0 fully saturated rings. The van der Waals surface area contributed by atoms with E-state index in [9.17, 15) is 12.8 Å². The Morgan fingerprint density at radius 1 is 1.32 bits per heavy atom. The molecule has 1 rings (SSSR count). The van der Waals surface area contributed by atoms with E-state index in [1.54, 1.807) is 11.8 Å². The molecule has 108 valence electrons. The summed E-state index contributed by atoms with van der Waals surface area (Å²) in [6.45, 7) is 0.340. The fraction of sp³-hybridized carbons (Fsp3) is 0.500. The molecule has 0 aliphatic rings. The van der Waals surface area contributed by atoms with Gasteiger partial charge in [-0.2, -0.15) is 11.8 Å². The van der Waals surface area contributed by atoms with Crippen molar-refractivity contribution in [3.05, 3.63) is 24.0 Å². The molecule has 3 N–H and O–H groups in total. The van der Waals surface area contributed by atoms with Crippen LogP contribution in [-0.2, 0) is 10.0 Å². The first-order chi connectivity index (χ1) is 8.97. The second-order valence-corrected chi connectivity index (χ2v) is 6.85. The molecule has 0 aromatic heterocycles. The number of benzene rings is 1. The van der Waals surface area contributed by atoms with Crippen LogP contribution in [0, 0.1) is 5.82 Å². The zero-order valence-electron chi connectivity index (χ0n) is 10.9. The monoisotopic (exact) mass is 306 g/mol. The lowest BCUT2D eigenvalue weighted by Crippen LogP contribution is -2.25. The van der Waals surface area contributed by atoms with Gasteiger partial charge in [0.25, 0.3) is 0 Å². The maximum Gasteiger partial charge on any atom is 0.242 e. The Labute approximate surface area is 118 Å². The number of halogens is 1. The highest BCUT2D eigenvalue weighted by Gasteiger charge is 2.17. The molecule has 0 amide bonds. The summed E-state index contributed by atoms with van der Waals surface area (Å²) < 4.78 is 39.4. The van der Waals surface area contributed by atoms with Crippen LogP contribution in [0.5, 0.6) is 0 Å². The summed E-state index contributed by atoms with van der Waals surface area (Å²) in [5, 5.41) is 0. The second kappa shape index (κ2) is 7.72. The van der Waals surface area contributed by atoms with Gasteiger partial charge in [-0.1, -0.05) is 6.42 Å². The Bertz CT molecular complexity index is 506. The number of nitrogens with one attached hydrogen (secondary N) is 1. The van der Waals surface area contributed by atoms with Gasteiger partial charge >= 0.3 is 0 Å². The lowest BCUT2D eigenvalue weighted by molar-refractivity contribution is 0.573. The number of rotatable bonds is 8. The molecule has 0 radical (unpaired) electrons. The Morgan fingerprint density at radius 3 is 2.74 bits per heavy atom. The molecule has 7 heteroatoms. The molecule has 1 aromatic rings. The molecule has 0 aliphatic heterocycles. The van der Waals surface area contributed by atoms with Crippen LogP contribution in [0.1, 0.15) is 19.3 Å². The number of unbranched alkanes of at least 4 members (excludes halogenated alkanes) is 2. The normalized spacial score (nSPS) is 11.7. The largest absolute Gasteiger partial charge is 0.398 e. The average Bonchev–Trinajstić information content (AvgIpc) is 2.36. The highest BCUT2D eigenvalue weighted by molar-refractivity contribution is 7.98. The third-order valence-corrected chi connectivity index (χ3v) is 4.80. The van der Waals surface area contributed by atoms with E-state index in [0.29, 0.717) is 6.54 Å². The van der Waals surface area contributed by atoms with Crippen molar-refractivity contribution in [1.82, 2.24) is 4.72 Å². The van der Waals surface area contributed by atoms with Gasteiger partial charge in [0.15, 0.2) is 0 Å². The zero-order chi connectivity index (χ0) is 14.3. The van der Waals surface area contributed by atoms with E-state index in [0.717, 1.165) is 37.1 Å². The Kier molecular flexibility index (Phi) is 6.60. The van der Waals surface area contributed by atoms with Gasteiger partial charge < -0.3 is 5.73 Å². The first kappa shape index (κ1) is 16.3. The first-order valence-corrected chi connectivity index (χ1v) is 8.88. The van der Waals surface area contributed by atoms with E-state index in [-0.39, 0.29) is 10.6 Å². The summed E-state index contributed by atoms with van der Waals surface area (Å²) in [6, 6.07) is 3.32. The Morgan fingerprint density at radius 2 is 2.05 bits per heavy atom. The summed E-state index contributed by atoms with van der Waals surface area (Å²) in [5.74, 6) is 0.457. The molecule has 0 saturated carbocycles. The van der Waals surface area contributed by atoms with Crippen molar-refractivity contribution in [3.8, 4) is 0 Å². The number of hydrogen-bond donors (Lipinski definition) is 2. The van der Waals surface area contributed by atoms with E-state index < -0.39 is 15.8 Å². The van der Waals surface area contributed by atoms with Crippen LogP contribution < -0.4 is 10.5 Å². The molecular weight excluding hydrogens is 287 g/mol. The van der Waals surface area contributed by atoms with Crippen molar-refractivity contribution in [2.24, 2.45) is 0 Å². The Hall–Kier alpha value is -0.790. The van der Waals surface area contributed by atoms with Gasteiger partial charge in [-0.15, -0.1) is 0 Å². The van der Waals surface area contributed by atoms with Crippen LogP contribution in [0.15, 0.2) is 23.1 Å². The van der Waals surface area contributed by atoms with Crippen molar-refractivity contribution in [3.63, 3.8) is 0 Å². The molecule has 0 saturated heterocycles. The molecule has 19 heavy (non-hydrogen) atoms. The first-order valence-electron chi connectivity index (χ1n) is 6.01. The van der Waals surface area contributed by atoms with Crippen molar-refractivity contribution in [2.45, 2.75) is 24.2 Å². The zero-order valence-corrected chi connectivity index (χ0v) is 12.5. The lowest BCUT2D eigenvalue weighted by atomic mass is 10.2. The summed E-state index contributed by atoms with van der Waals surface area (Å²) in [5.41, 5.74) is 5.61. The van der Waals surface area contributed by atoms with E-state index in [1.807, 2.05) is 6.26 Å². The minimum Gasteiger partial charge on any atom is -0.398 e. The van der Waals surface area contributed by atoms with E-state index >= 15 is 0 Å². The minimum absolute atomic E-state index is 0.0521. The molecule has 1 aromatic carbocycles. The molecule has 0 heterocycles. The van der Waals surface area contributed by atoms with Crippen molar-refractivity contribution in [2.75, 3.05) is 24.3 Å². The summed E-state index contributed by atoms with van der Waals surface area (Å²) in [4.78, 5) is -0.198. The number of hydrogen-bond acceptors (Lipinski definition) is 4. The molecule has 0 atom stereocenters. The number of anilines is 1. The standard InChI is InChI=1S/C12H19FN2O2S2/c1-18-8-4-2-3-7-15-19(16,17)12-9-10(13)5-6-11(12)14/h5-6,9,15H,2-4,7-8,14H2,1H3. The lowest BCUT2D eigenvalue weighted by Gasteiger charge is -2.09. The van der Waals surface area contributed by atoms with Gasteiger partial charge in [0, 0.05) is 6.54 Å². The predicted octanol–water partition coefficient (Wildman–Crippen LogP) is 2.22. The van der Waals surface area contributed by atoms with Crippen molar-refractivity contribution in [1.29, 1.82) is 0 Å². The quantitative estimate of drug-likeness (QED) is 0.570. The van der Waals surface area contributed by atoms with E-state index in [2.05, 4.69) is 4.72 Å². The maximum absolute atomic E-state index is 13.1. The molecule has 0 unspecified atom stereocenters. The van der Waals surface area contributed by atoms with E-state index in [4.69, 9.17) is 5.73 Å². The van der Waals surface area contributed by atoms with Crippen LogP contribution in [0.4, 0.5) is 10.1 Å². The van der Waals surface area contributed by atoms with Crippen molar-refractivity contribution < 1.29 is 12.8 Å². The van der Waals surface area contributed by atoms with Gasteiger partial charge in [0.05, 0.1) is 5.69 Å². The fourth-order valence-corrected chi connectivity index (χ4v) is 3.28. The third kappa shape index (κ3) is 5.38. The minimum atomic E-state index is -3.73. The van der Waals surface area contributed by atoms with Crippen LogP contribution in [0.25, 0.3) is 0 Å². The highest BCUT2D eigenvalue weighted by atomic mass is 32.2. The van der Waals surface area contributed by atoms with Gasteiger partial charge in [-0.05, 0) is 43.0 Å². The second-order valence-electron chi connectivity index (χ2n) is 4.13. The molecular formula is C12H19FN2O2S2. The van der Waals surface area contributed by atoms with Crippen LogP contribution in [-0.4, -0.2) is 27.0 Å². The fourth-order valence-electron chi connectivity index (χ4n) is 1.57. The van der Waals surface area contributed by atoms with Crippen LogP contribution in [0.3, 0.4) is 0 Å². The molecule has 0 aliphatic carbocycles. The third-order valence-electron chi connectivity index (χ3n) is 2.58.